The van der Waals surface area contributed by atoms with Gasteiger partial charge in [-0.3, -0.25) is 9.78 Å². The zero-order valence-electron chi connectivity index (χ0n) is 12.6. The van der Waals surface area contributed by atoms with Gasteiger partial charge in [0.05, 0.1) is 5.52 Å². The minimum Gasteiger partial charge on any atom is -0.334 e. The Morgan fingerprint density at radius 3 is 2.67 bits per heavy atom. The molecule has 0 saturated carbocycles. The highest BCUT2D eigenvalue weighted by molar-refractivity contribution is 6.18. The van der Waals surface area contributed by atoms with Crippen LogP contribution in [0.25, 0.3) is 10.9 Å². The van der Waals surface area contributed by atoms with Gasteiger partial charge in [-0.25, -0.2) is 0 Å². The highest BCUT2D eigenvalue weighted by Crippen LogP contribution is 2.21. The molecular weight excluding hydrogens is 284 g/mol. The van der Waals surface area contributed by atoms with Gasteiger partial charge in [-0.2, -0.15) is 0 Å². The summed E-state index contributed by atoms with van der Waals surface area (Å²) in [5.41, 5.74) is 1.55. The van der Waals surface area contributed by atoms with E-state index in [0.29, 0.717) is 18.0 Å². The molecule has 1 heterocycles. The van der Waals surface area contributed by atoms with Crippen molar-refractivity contribution >= 4 is 28.4 Å². The molecular formula is C17H21ClN2O. The molecule has 0 saturated heterocycles. The molecule has 0 aliphatic heterocycles. The summed E-state index contributed by atoms with van der Waals surface area (Å²) >= 11 is 5.90. The van der Waals surface area contributed by atoms with Gasteiger partial charge < -0.3 is 4.90 Å². The summed E-state index contributed by atoms with van der Waals surface area (Å²) < 4.78 is 0. The summed E-state index contributed by atoms with van der Waals surface area (Å²) in [6.07, 6.45) is 3.61. The van der Waals surface area contributed by atoms with E-state index in [1.54, 1.807) is 6.20 Å². The molecule has 0 fully saturated rings. The summed E-state index contributed by atoms with van der Waals surface area (Å²) in [4.78, 5) is 19.2. The number of fused-ring (bicyclic) bond motifs is 1. The summed E-state index contributed by atoms with van der Waals surface area (Å²) in [6.45, 7) is 4.78. The minimum atomic E-state index is 0.0444. The lowest BCUT2D eigenvalue weighted by Crippen LogP contribution is -2.41. The normalized spacial score (nSPS) is 11.0. The minimum absolute atomic E-state index is 0.0444. The summed E-state index contributed by atoms with van der Waals surface area (Å²) in [5.74, 6) is 0.494. The zero-order valence-corrected chi connectivity index (χ0v) is 13.3. The molecule has 0 aliphatic rings. The van der Waals surface area contributed by atoms with Crippen LogP contribution in [0.15, 0.2) is 36.5 Å². The highest BCUT2D eigenvalue weighted by Gasteiger charge is 2.23. The van der Waals surface area contributed by atoms with Gasteiger partial charge in [-0.1, -0.05) is 26.0 Å². The number of pyridine rings is 1. The number of alkyl halides is 1. The van der Waals surface area contributed by atoms with Crippen molar-refractivity contribution in [3.63, 3.8) is 0 Å². The van der Waals surface area contributed by atoms with Gasteiger partial charge >= 0.3 is 0 Å². The molecule has 1 aromatic carbocycles. The van der Waals surface area contributed by atoms with Crippen LogP contribution < -0.4 is 0 Å². The number of rotatable bonds is 6. The van der Waals surface area contributed by atoms with Crippen molar-refractivity contribution in [2.75, 3.05) is 12.4 Å². The Morgan fingerprint density at radius 1 is 1.24 bits per heavy atom. The maximum Gasteiger partial charge on any atom is 0.254 e. The smallest absolute Gasteiger partial charge is 0.254 e. The Bertz CT molecular complexity index is 605. The quantitative estimate of drug-likeness (QED) is 0.753. The Hall–Kier alpha value is -1.61. The van der Waals surface area contributed by atoms with Crippen LogP contribution in [-0.2, 0) is 0 Å². The first-order chi connectivity index (χ1) is 10.2. The van der Waals surface area contributed by atoms with Gasteiger partial charge in [0.25, 0.3) is 5.91 Å². The number of benzene rings is 1. The molecule has 0 spiro atoms. The van der Waals surface area contributed by atoms with Crippen LogP contribution >= 0.6 is 11.6 Å². The predicted octanol–water partition coefficient (Wildman–Crippen LogP) is 4.10. The van der Waals surface area contributed by atoms with Gasteiger partial charge in [0.2, 0.25) is 0 Å². The number of aromatic nitrogens is 1. The van der Waals surface area contributed by atoms with Gasteiger partial charge in [-0.05, 0) is 31.0 Å². The number of nitrogens with zero attached hydrogens (tertiary/aromatic N) is 2. The van der Waals surface area contributed by atoms with Crippen LogP contribution in [0.3, 0.4) is 0 Å². The first kappa shape index (κ1) is 15.8. The molecule has 3 nitrogen and oxygen atoms in total. The monoisotopic (exact) mass is 304 g/mol. The lowest BCUT2D eigenvalue weighted by molar-refractivity contribution is 0.0683. The van der Waals surface area contributed by atoms with Crippen LogP contribution in [0.4, 0.5) is 0 Å². The van der Waals surface area contributed by atoms with Crippen molar-refractivity contribution in [2.45, 2.75) is 32.7 Å². The Balaban J connectivity index is 2.43. The fraction of sp³-hybridized carbons (Fsp3) is 0.412. The summed E-state index contributed by atoms with van der Waals surface area (Å²) in [5, 5.41) is 0.899. The van der Waals surface area contributed by atoms with E-state index in [9.17, 15) is 4.79 Å². The standard InChI is InChI=1S/C17H21ClN2O/c1-3-13(4-2)20(12-10-18)17(21)15-7-5-9-16-14(15)8-6-11-19-16/h5-9,11,13H,3-4,10,12H2,1-2H3. The fourth-order valence-electron chi connectivity index (χ4n) is 2.71. The largest absolute Gasteiger partial charge is 0.334 e. The van der Waals surface area contributed by atoms with E-state index < -0.39 is 0 Å². The third kappa shape index (κ3) is 3.35. The Labute approximate surface area is 130 Å². The van der Waals surface area contributed by atoms with Crippen molar-refractivity contribution in [1.82, 2.24) is 9.88 Å². The second-order valence-corrected chi connectivity index (χ2v) is 5.41. The summed E-state index contributed by atoms with van der Waals surface area (Å²) in [6, 6.07) is 9.71. The molecule has 0 N–H and O–H groups in total. The molecule has 21 heavy (non-hydrogen) atoms. The Kier molecular flexibility index (Phi) is 5.57. The predicted molar refractivity (Wildman–Crippen MR) is 87.9 cm³/mol. The van der Waals surface area contributed by atoms with Gasteiger partial charge in [0, 0.05) is 35.6 Å². The van der Waals surface area contributed by atoms with E-state index in [-0.39, 0.29) is 11.9 Å². The van der Waals surface area contributed by atoms with Gasteiger partial charge in [0.15, 0.2) is 0 Å². The first-order valence-electron chi connectivity index (χ1n) is 7.43. The van der Waals surface area contributed by atoms with E-state index in [1.165, 1.54) is 0 Å². The van der Waals surface area contributed by atoms with Crippen molar-refractivity contribution in [3.05, 3.63) is 42.1 Å². The van der Waals surface area contributed by atoms with Crippen LogP contribution in [0.5, 0.6) is 0 Å². The number of halogens is 1. The van der Waals surface area contributed by atoms with Crippen molar-refractivity contribution in [1.29, 1.82) is 0 Å². The van der Waals surface area contributed by atoms with E-state index in [2.05, 4.69) is 18.8 Å². The average molecular weight is 305 g/mol. The van der Waals surface area contributed by atoms with Crippen molar-refractivity contribution < 1.29 is 4.79 Å². The van der Waals surface area contributed by atoms with Crippen LogP contribution in [0, 0.1) is 0 Å². The highest BCUT2D eigenvalue weighted by atomic mass is 35.5. The van der Waals surface area contributed by atoms with Gasteiger partial charge in [0.1, 0.15) is 0 Å². The third-order valence-corrected chi connectivity index (χ3v) is 4.01. The first-order valence-corrected chi connectivity index (χ1v) is 7.97. The van der Waals surface area contributed by atoms with E-state index in [4.69, 9.17) is 11.6 Å². The lowest BCUT2D eigenvalue weighted by Gasteiger charge is -2.30. The lowest BCUT2D eigenvalue weighted by atomic mass is 10.0. The maximum atomic E-state index is 12.9. The molecule has 1 aromatic heterocycles. The van der Waals surface area contributed by atoms with Crippen LogP contribution in [-0.4, -0.2) is 34.3 Å². The topological polar surface area (TPSA) is 33.2 Å². The SMILES string of the molecule is CCC(CC)N(CCCl)C(=O)c1cccc2ncccc12. The molecule has 112 valence electrons. The molecule has 4 heteroatoms. The molecule has 0 aliphatic carbocycles. The van der Waals surface area contributed by atoms with E-state index in [0.717, 1.165) is 23.7 Å². The third-order valence-electron chi connectivity index (χ3n) is 3.85. The number of hydrogen-bond donors (Lipinski definition) is 0. The molecule has 0 bridgehead atoms. The average Bonchev–Trinajstić information content (AvgIpc) is 2.54. The number of carbonyl (C=O) groups is 1. The maximum absolute atomic E-state index is 12.9. The molecule has 1 amide bonds. The van der Waals surface area contributed by atoms with Crippen LogP contribution in [0.2, 0.25) is 0 Å². The van der Waals surface area contributed by atoms with Crippen molar-refractivity contribution in [2.24, 2.45) is 0 Å². The molecule has 0 radical (unpaired) electrons. The number of hydrogen-bond acceptors (Lipinski definition) is 2. The van der Waals surface area contributed by atoms with Gasteiger partial charge in [-0.15, -0.1) is 11.6 Å². The Morgan fingerprint density at radius 2 is 2.00 bits per heavy atom. The molecule has 0 atom stereocenters. The molecule has 2 rings (SSSR count). The second kappa shape index (κ2) is 7.41. The zero-order chi connectivity index (χ0) is 15.2. The fourth-order valence-corrected chi connectivity index (χ4v) is 2.90. The molecule has 2 aromatic rings. The summed E-state index contributed by atoms with van der Waals surface area (Å²) in [7, 11) is 0. The van der Waals surface area contributed by atoms with E-state index in [1.807, 2.05) is 35.2 Å². The number of carbonyl (C=O) groups excluding carboxylic acids is 1. The number of amides is 1. The second-order valence-electron chi connectivity index (χ2n) is 5.03. The van der Waals surface area contributed by atoms with Crippen molar-refractivity contribution in [3.8, 4) is 0 Å². The molecule has 0 unspecified atom stereocenters. The van der Waals surface area contributed by atoms with E-state index >= 15 is 0 Å². The van der Waals surface area contributed by atoms with Crippen LogP contribution in [0.1, 0.15) is 37.0 Å².